The summed E-state index contributed by atoms with van der Waals surface area (Å²) in [4.78, 5) is 28.1. The Morgan fingerprint density at radius 3 is 2.11 bits per heavy atom. The molecule has 0 aliphatic heterocycles. The van der Waals surface area contributed by atoms with Gasteiger partial charge in [0.1, 0.15) is 12.6 Å². The first-order chi connectivity index (χ1) is 17.5. The summed E-state index contributed by atoms with van der Waals surface area (Å²) in [5.74, 6) is -0.907. The van der Waals surface area contributed by atoms with Crippen LogP contribution in [-0.4, -0.2) is 43.8 Å². The van der Waals surface area contributed by atoms with Crippen molar-refractivity contribution >= 4 is 50.7 Å². The first-order valence-electron chi connectivity index (χ1n) is 11.7. The van der Waals surface area contributed by atoms with Crippen molar-refractivity contribution in [3.8, 4) is 0 Å². The molecule has 1 unspecified atom stereocenters. The Balaban J connectivity index is 2.01. The summed E-state index contributed by atoms with van der Waals surface area (Å²) in [5.41, 5.74) is 0.970. The molecular formula is C27H29Cl2N3O4S. The quantitative estimate of drug-likeness (QED) is 0.371. The van der Waals surface area contributed by atoms with Crippen LogP contribution in [-0.2, 0) is 26.2 Å². The Labute approximate surface area is 228 Å². The highest BCUT2D eigenvalue weighted by molar-refractivity contribution is 7.92. The summed E-state index contributed by atoms with van der Waals surface area (Å²) in [6.45, 7) is 4.79. The predicted octanol–water partition coefficient (Wildman–Crippen LogP) is 5.13. The van der Waals surface area contributed by atoms with E-state index in [-0.39, 0.29) is 29.1 Å². The van der Waals surface area contributed by atoms with E-state index >= 15 is 0 Å². The topological polar surface area (TPSA) is 86.8 Å². The zero-order valence-electron chi connectivity index (χ0n) is 20.8. The minimum atomic E-state index is -4.12. The summed E-state index contributed by atoms with van der Waals surface area (Å²) in [6.07, 6.45) is 0. The number of nitrogens with zero attached hydrogens (tertiary/aromatic N) is 2. The lowest BCUT2D eigenvalue weighted by atomic mass is 10.1. The molecule has 3 rings (SSSR count). The second kappa shape index (κ2) is 12.4. The van der Waals surface area contributed by atoms with Gasteiger partial charge in [-0.25, -0.2) is 8.42 Å². The van der Waals surface area contributed by atoms with E-state index < -0.39 is 28.5 Å². The molecule has 3 aromatic carbocycles. The Kier molecular flexibility index (Phi) is 9.59. The van der Waals surface area contributed by atoms with Gasteiger partial charge in [-0.1, -0.05) is 53.5 Å². The van der Waals surface area contributed by atoms with Crippen LogP contribution >= 0.6 is 23.2 Å². The number of nitrogens with one attached hydrogen (secondary N) is 1. The fourth-order valence-electron chi connectivity index (χ4n) is 3.68. The average Bonchev–Trinajstić information content (AvgIpc) is 2.86. The predicted molar refractivity (Wildman–Crippen MR) is 147 cm³/mol. The van der Waals surface area contributed by atoms with Crippen molar-refractivity contribution in [1.82, 2.24) is 10.2 Å². The number of carbonyl (C=O) groups excluding carboxylic acids is 2. The third-order valence-corrected chi connectivity index (χ3v) is 7.84. The number of benzene rings is 3. The first-order valence-corrected chi connectivity index (χ1v) is 13.9. The summed E-state index contributed by atoms with van der Waals surface area (Å²) in [5, 5.41) is 3.73. The molecule has 0 bridgehead atoms. The van der Waals surface area contributed by atoms with Gasteiger partial charge in [0.25, 0.3) is 10.0 Å². The van der Waals surface area contributed by atoms with Crippen molar-refractivity contribution in [2.45, 2.75) is 44.3 Å². The molecule has 196 valence electrons. The van der Waals surface area contributed by atoms with Crippen molar-refractivity contribution < 1.29 is 18.0 Å². The van der Waals surface area contributed by atoms with E-state index in [1.54, 1.807) is 61.5 Å². The van der Waals surface area contributed by atoms with Crippen molar-refractivity contribution in [1.29, 1.82) is 0 Å². The highest BCUT2D eigenvalue weighted by atomic mass is 35.5. The highest BCUT2D eigenvalue weighted by Gasteiger charge is 2.32. The SMILES string of the molecule is CC(C)NC(=O)C(C)N(Cc1cccc(Cl)c1)C(=O)CN(c1ccc(Cl)cc1)S(=O)(=O)c1ccccc1. The van der Waals surface area contributed by atoms with E-state index in [1.165, 1.54) is 29.2 Å². The molecule has 0 aliphatic carbocycles. The molecule has 0 radical (unpaired) electrons. The molecular weight excluding hydrogens is 533 g/mol. The third kappa shape index (κ3) is 7.47. The lowest BCUT2D eigenvalue weighted by molar-refractivity contribution is -0.139. The number of hydrogen-bond donors (Lipinski definition) is 1. The Bertz CT molecular complexity index is 1330. The van der Waals surface area contributed by atoms with Crippen LogP contribution in [0, 0.1) is 0 Å². The molecule has 0 saturated carbocycles. The molecule has 1 atom stereocenters. The van der Waals surface area contributed by atoms with E-state index in [0.29, 0.717) is 15.6 Å². The van der Waals surface area contributed by atoms with E-state index in [4.69, 9.17) is 23.2 Å². The second-order valence-corrected chi connectivity index (χ2v) is 11.5. The first kappa shape index (κ1) is 28.5. The maximum Gasteiger partial charge on any atom is 0.264 e. The number of sulfonamides is 1. The molecule has 2 amide bonds. The number of amides is 2. The van der Waals surface area contributed by atoms with Gasteiger partial charge in [0, 0.05) is 22.6 Å². The molecule has 0 aliphatic rings. The van der Waals surface area contributed by atoms with Crippen LogP contribution < -0.4 is 9.62 Å². The summed E-state index contributed by atoms with van der Waals surface area (Å²) < 4.78 is 28.3. The fourth-order valence-corrected chi connectivity index (χ4v) is 5.45. The zero-order valence-corrected chi connectivity index (χ0v) is 23.1. The molecule has 0 heterocycles. The van der Waals surface area contributed by atoms with Gasteiger partial charge in [0.05, 0.1) is 10.6 Å². The van der Waals surface area contributed by atoms with Crippen molar-refractivity contribution in [3.05, 3.63) is 94.5 Å². The van der Waals surface area contributed by atoms with Crippen LogP contribution in [0.4, 0.5) is 5.69 Å². The second-order valence-electron chi connectivity index (χ2n) is 8.79. The summed E-state index contributed by atoms with van der Waals surface area (Å²) in [6, 6.07) is 20.0. The molecule has 0 fully saturated rings. The van der Waals surface area contributed by atoms with Crippen molar-refractivity contribution in [3.63, 3.8) is 0 Å². The lowest BCUT2D eigenvalue weighted by Gasteiger charge is -2.32. The minimum Gasteiger partial charge on any atom is -0.352 e. The summed E-state index contributed by atoms with van der Waals surface area (Å²) >= 11 is 12.2. The van der Waals surface area contributed by atoms with Gasteiger partial charge in [-0.3, -0.25) is 13.9 Å². The molecule has 3 aromatic rings. The van der Waals surface area contributed by atoms with E-state index in [9.17, 15) is 18.0 Å². The van der Waals surface area contributed by atoms with Gasteiger partial charge in [0.2, 0.25) is 11.8 Å². The van der Waals surface area contributed by atoms with Gasteiger partial charge in [-0.15, -0.1) is 0 Å². The van der Waals surface area contributed by atoms with Gasteiger partial charge >= 0.3 is 0 Å². The Hall–Kier alpha value is -3.07. The van der Waals surface area contributed by atoms with Gasteiger partial charge in [0.15, 0.2) is 0 Å². The number of carbonyl (C=O) groups is 2. The molecule has 7 nitrogen and oxygen atoms in total. The van der Waals surface area contributed by atoms with Crippen LogP contribution in [0.1, 0.15) is 26.3 Å². The number of halogens is 2. The number of hydrogen-bond acceptors (Lipinski definition) is 4. The normalized spacial score (nSPS) is 12.2. The molecule has 0 spiro atoms. The maximum atomic E-state index is 13.8. The smallest absolute Gasteiger partial charge is 0.264 e. The van der Waals surface area contributed by atoms with Gasteiger partial charge in [-0.2, -0.15) is 0 Å². The maximum absolute atomic E-state index is 13.8. The van der Waals surface area contributed by atoms with Crippen LogP contribution in [0.5, 0.6) is 0 Å². The lowest BCUT2D eigenvalue weighted by Crippen LogP contribution is -2.52. The van der Waals surface area contributed by atoms with E-state index in [1.807, 2.05) is 13.8 Å². The van der Waals surface area contributed by atoms with E-state index in [2.05, 4.69) is 5.32 Å². The summed E-state index contributed by atoms with van der Waals surface area (Å²) in [7, 11) is -4.12. The zero-order chi connectivity index (χ0) is 27.2. The third-order valence-electron chi connectivity index (χ3n) is 5.56. The molecule has 0 saturated heterocycles. The van der Waals surface area contributed by atoms with Crippen LogP contribution in [0.15, 0.2) is 83.8 Å². The van der Waals surface area contributed by atoms with Crippen molar-refractivity contribution in [2.75, 3.05) is 10.8 Å². The van der Waals surface area contributed by atoms with Gasteiger partial charge in [-0.05, 0) is 74.9 Å². The minimum absolute atomic E-state index is 0.0322. The average molecular weight is 563 g/mol. The Morgan fingerprint density at radius 1 is 0.865 bits per heavy atom. The van der Waals surface area contributed by atoms with E-state index in [0.717, 1.165) is 4.31 Å². The molecule has 0 aromatic heterocycles. The van der Waals surface area contributed by atoms with Crippen molar-refractivity contribution in [2.24, 2.45) is 0 Å². The standard InChI is InChI=1S/C27H29Cl2N3O4S/c1-19(2)30-27(34)20(3)31(17-21-8-7-9-23(29)16-21)26(33)18-32(24-14-12-22(28)13-15-24)37(35,36)25-10-5-4-6-11-25/h4-16,19-20H,17-18H2,1-3H3,(H,30,34). The number of rotatable bonds is 10. The van der Waals surface area contributed by atoms with Crippen LogP contribution in [0.3, 0.4) is 0 Å². The van der Waals surface area contributed by atoms with Crippen LogP contribution in [0.25, 0.3) is 0 Å². The fraction of sp³-hybridized carbons (Fsp3) is 0.259. The molecule has 1 N–H and O–H groups in total. The number of anilines is 1. The van der Waals surface area contributed by atoms with Crippen LogP contribution in [0.2, 0.25) is 10.0 Å². The molecule has 37 heavy (non-hydrogen) atoms. The highest BCUT2D eigenvalue weighted by Crippen LogP contribution is 2.26. The van der Waals surface area contributed by atoms with Gasteiger partial charge < -0.3 is 10.2 Å². The largest absolute Gasteiger partial charge is 0.352 e. The molecule has 10 heteroatoms. The monoisotopic (exact) mass is 561 g/mol. The Morgan fingerprint density at radius 2 is 1.51 bits per heavy atom.